The molecule has 2 aromatic carbocycles. The third kappa shape index (κ3) is 4.70. The van der Waals surface area contributed by atoms with Gasteiger partial charge in [0, 0.05) is 23.9 Å². The molecule has 0 bridgehead atoms. The van der Waals surface area contributed by atoms with Crippen molar-refractivity contribution in [1.82, 2.24) is 15.3 Å². The van der Waals surface area contributed by atoms with E-state index in [1.807, 2.05) is 54.6 Å². The number of benzene rings is 2. The molecule has 2 N–H and O–H groups in total. The second-order valence-electron chi connectivity index (χ2n) is 5.68. The summed E-state index contributed by atoms with van der Waals surface area (Å²) in [6.45, 7) is 3.97. The van der Waals surface area contributed by atoms with E-state index in [1.54, 1.807) is 19.3 Å². The van der Waals surface area contributed by atoms with Crippen LogP contribution < -0.4 is 15.4 Å². The zero-order valence-corrected chi connectivity index (χ0v) is 15.0. The smallest absolute Gasteiger partial charge is 0.270 e. The van der Waals surface area contributed by atoms with Gasteiger partial charge in [-0.2, -0.15) is 0 Å². The first-order valence-electron chi connectivity index (χ1n) is 8.44. The van der Waals surface area contributed by atoms with E-state index in [0.717, 1.165) is 17.0 Å². The molecule has 1 heterocycles. The Morgan fingerprint density at radius 1 is 1.11 bits per heavy atom. The van der Waals surface area contributed by atoms with Gasteiger partial charge in [-0.25, -0.2) is 9.97 Å². The summed E-state index contributed by atoms with van der Waals surface area (Å²) in [5, 5.41) is 5.95. The summed E-state index contributed by atoms with van der Waals surface area (Å²) in [6, 6.07) is 18.6. The highest BCUT2D eigenvalue weighted by molar-refractivity contribution is 5.93. The Kier molecular flexibility index (Phi) is 5.79. The molecular formula is C21H20N4O2. The number of amides is 1. The Morgan fingerprint density at radius 2 is 1.85 bits per heavy atom. The maximum atomic E-state index is 12.4. The third-order valence-electron chi connectivity index (χ3n) is 3.76. The lowest BCUT2D eigenvalue weighted by Crippen LogP contribution is -2.24. The second kappa shape index (κ2) is 8.62. The average Bonchev–Trinajstić information content (AvgIpc) is 2.73. The predicted octanol–water partition coefficient (Wildman–Crippen LogP) is 3.81. The van der Waals surface area contributed by atoms with Crippen LogP contribution in [0.25, 0.3) is 11.4 Å². The molecule has 0 saturated carbocycles. The van der Waals surface area contributed by atoms with E-state index in [9.17, 15) is 4.79 Å². The van der Waals surface area contributed by atoms with Crippen molar-refractivity contribution in [3.8, 4) is 17.1 Å². The molecule has 0 radical (unpaired) electrons. The molecule has 0 fully saturated rings. The van der Waals surface area contributed by atoms with Gasteiger partial charge in [-0.3, -0.25) is 4.79 Å². The van der Waals surface area contributed by atoms with Crippen LogP contribution in [0.15, 0.2) is 73.3 Å². The number of carbonyl (C=O) groups excluding carboxylic acids is 1. The van der Waals surface area contributed by atoms with Gasteiger partial charge in [0.1, 0.15) is 17.3 Å². The molecule has 6 heteroatoms. The zero-order chi connectivity index (χ0) is 19.1. The molecule has 0 atom stereocenters. The number of rotatable bonds is 7. The van der Waals surface area contributed by atoms with Gasteiger partial charge in [0.15, 0.2) is 5.82 Å². The van der Waals surface area contributed by atoms with Crippen molar-refractivity contribution in [1.29, 1.82) is 0 Å². The highest BCUT2D eigenvalue weighted by Gasteiger charge is 2.13. The van der Waals surface area contributed by atoms with Crippen molar-refractivity contribution in [3.05, 3.63) is 79.0 Å². The summed E-state index contributed by atoms with van der Waals surface area (Å²) >= 11 is 0. The topological polar surface area (TPSA) is 76.1 Å². The monoisotopic (exact) mass is 360 g/mol. The highest BCUT2D eigenvalue weighted by atomic mass is 16.5. The van der Waals surface area contributed by atoms with Crippen LogP contribution in [0.2, 0.25) is 0 Å². The number of anilines is 2. The SMILES string of the molecule is C=CCNC(=O)c1cc(Nc2ccc(OC)cc2)nc(-c2ccccc2)n1. The molecule has 136 valence electrons. The number of nitrogens with one attached hydrogen (secondary N) is 2. The molecule has 1 amide bonds. The Hall–Kier alpha value is -3.67. The zero-order valence-electron chi connectivity index (χ0n) is 15.0. The molecule has 0 aliphatic carbocycles. The van der Waals surface area contributed by atoms with Crippen molar-refractivity contribution in [2.24, 2.45) is 0 Å². The van der Waals surface area contributed by atoms with Crippen LogP contribution in [0.5, 0.6) is 5.75 Å². The molecule has 0 saturated heterocycles. The number of carbonyl (C=O) groups is 1. The maximum absolute atomic E-state index is 12.4. The summed E-state index contributed by atoms with van der Waals surface area (Å²) in [5.41, 5.74) is 1.93. The predicted molar refractivity (Wildman–Crippen MR) is 106 cm³/mol. The minimum Gasteiger partial charge on any atom is -0.497 e. The van der Waals surface area contributed by atoms with Crippen LogP contribution in [-0.4, -0.2) is 29.5 Å². The summed E-state index contributed by atoms with van der Waals surface area (Å²) in [5.74, 6) is 1.47. The summed E-state index contributed by atoms with van der Waals surface area (Å²) in [6.07, 6.45) is 1.62. The summed E-state index contributed by atoms with van der Waals surface area (Å²) < 4.78 is 5.17. The molecule has 0 unspecified atom stereocenters. The maximum Gasteiger partial charge on any atom is 0.270 e. The van der Waals surface area contributed by atoms with Crippen molar-refractivity contribution in [3.63, 3.8) is 0 Å². The average molecular weight is 360 g/mol. The quantitative estimate of drug-likeness (QED) is 0.627. The van der Waals surface area contributed by atoms with E-state index in [-0.39, 0.29) is 11.6 Å². The summed E-state index contributed by atoms with van der Waals surface area (Å²) in [4.78, 5) is 21.3. The fraction of sp³-hybridized carbons (Fsp3) is 0.0952. The van der Waals surface area contributed by atoms with Gasteiger partial charge < -0.3 is 15.4 Å². The van der Waals surface area contributed by atoms with Crippen LogP contribution in [0.1, 0.15) is 10.5 Å². The normalized spacial score (nSPS) is 10.1. The van der Waals surface area contributed by atoms with E-state index in [4.69, 9.17) is 4.74 Å². The second-order valence-corrected chi connectivity index (χ2v) is 5.68. The third-order valence-corrected chi connectivity index (χ3v) is 3.76. The van der Waals surface area contributed by atoms with Gasteiger partial charge in [0.25, 0.3) is 5.91 Å². The Balaban J connectivity index is 1.95. The van der Waals surface area contributed by atoms with Gasteiger partial charge in [-0.15, -0.1) is 6.58 Å². The fourth-order valence-corrected chi connectivity index (χ4v) is 2.42. The minimum atomic E-state index is -0.285. The van der Waals surface area contributed by atoms with E-state index < -0.39 is 0 Å². The van der Waals surface area contributed by atoms with Gasteiger partial charge >= 0.3 is 0 Å². The van der Waals surface area contributed by atoms with Crippen LogP contribution in [0, 0.1) is 0 Å². The van der Waals surface area contributed by atoms with Crippen LogP contribution in [-0.2, 0) is 0 Å². The van der Waals surface area contributed by atoms with Crippen molar-refractivity contribution in [2.45, 2.75) is 0 Å². The molecule has 27 heavy (non-hydrogen) atoms. The standard InChI is InChI=1S/C21H20N4O2/c1-3-13-22-21(26)18-14-19(23-16-9-11-17(27-2)12-10-16)25-20(24-18)15-7-5-4-6-8-15/h3-12,14H,1,13H2,2H3,(H,22,26)(H,23,24,25). The van der Waals surface area contributed by atoms with Gasteiger partial charge in [0.05, 0.1) is 7.11 Å². The Morgan fingerprint density at radius 3 is 2.52 bits per heavy atom. The molecule has 0 spiro atoms. The molecule has 3 aromatic rings. The van der Waals surface area contributed by atoms with Crippen molar-refractivity contribution < 1.29 is 9.53 Å². The number of aromatic nitrogens is 2. The van der Waals surface area contributed by atoms with Crippen LogP contribution >= 0.6 is 0 Å². The number of hydrogen-bond acceptors (Lipinski definition) is 5. The van der Waals surface area contributed by atoms with Gasteiger partial charge in [-0.05, 0) is 24.3 Å². The number of ether oxygens (including phenoxy) is 1. The van der Waals surface area contributed by atoms with Crippen LogP contribution in [0.4, 0.5) is 11.5 Å². The lowest BCUT2D eigenvalue weighted by Gasteiger charge is -2.11. The fourth-order valence-electron chi connectivity index (χ4n) is 2.42. The van der Waals surface area contributed by atoms with E-state index in [0.29, 0.717) is 18.2 Å². The Bertz CT molecular complexity index is 925. The molecule has 0 aliphatic heterocycles. The van der Waals surface area contributed by atoms with E-state index >= 15 is 0 Å². The van der Waals surface area contributed by atoms with Crippen LogP contribution in [0.3, 0.4) is 0 Å². The molecular weight excluding hydrogens is 340 g/mol. The van der Waals surface area contributed by atoms with E-state index in [1.165, 1.54) is 0 Å². The van der Waals surface area contributed by atoms with Crippen molar-refractivity contribution >= 4 is 17.4 Å². The Labute approximate surface area is 157 Å². The molecule has 6 nitrogen and oxygen atoms in total. The minimum absolute atomic E-state index is 0.279. The summed E-state index contributed by atoms with van der Waals surface area (Å²) in [7, 11) is 1.62. The highest BCUT2D eigenvalue weighted by Crippen LogP contribution is 2.22. The molecule has 1 aromatic heterocycles. The first kappa shape index (κ1) is 18.1. The lowest BCUT2D eigenvalue weighted by atomic mass is 10.2. The number of hydrogen-bond donors (Lipinski definition) is 2. The molecule has 3 rings (SSSR count). The lowest BCUT2D eigenvalue weighted by molar-refractivity contribution is 0.0953. The number of methoxy groups -OCH3 is 1. The van der Waals surface area contributed by atoms with Crippen molar-refractivity contribution in [2.75, 3.05) is 19.0 Å². The van der Waals surface area contributed by atoms with Gasteiger partial charge in [0.2, 0.25) is 0 Å². The first-order chi connectivity index (χ1) is 13.2. The largest absolute Gasteiger partial charge is 0.497 e. The van der Waals surface area contributed by atoms with E-state index in [2.05, 4.69) is 27.2 Å². The first-order valence-corrected chi connectivity index (χ1v) is 8.44. The number of nitrogens with zero attached hydrogens (tertiary/aromatic N) is 2. The molecule has 0 aliphatic rings. The van der Waals surface area contributed by atoms with Gasteiger partial charge in [-0.1, -0.05) is 36.4 Å².